The first-order valence-corrected chi connectivity index (χ1v) is 11.6. The number of anilines is 1. The molecule has 1 aliphatic rings. The van der Waals surface area contributed by atoms with Gasteiger partial charge in [0.15, 0.2) is 0 Å². The molecular formula is C22H29N3O4S. The molecule has 0 spiro atoms. The monoisotopic (exact) mass is 431 g/mol. The minimum Gasteiger partial charge on any atom is -0.371 e. The summed E-state index contributed by atoms with van der Waals surface area (Å²) in [6.07, 6.45) is 0.00477. The van der Waals surface area contributed by atoms with E-state index in [9.17, 15) is 13.2 Å². The number of amides is 1. The van der Waals surface area contributed by atoms with Crippen LogP contribution < -0.4 is 10.0 Å². The Kier molecular flexibility index (Phi) is 7.60. The zero-order valence-electron chi connectivity index (χ0n) is 17.4. The minimum atomic E-state index is -3.61. The van der Waals surface area contributed by atoms with Crippen LogP contribution in [0.15, 0.2) is 59.5 Å². The number of nitrogens with one attached hydrogen (secondary N) is 2. The van der Waals surface area contributed by atoms with Crippen LogP contribution in [0.5, 0.6) is 0 Å². The summed E-state index contributed by atoms with van der Waals surface area (Å²) in [5.74, 6) is -0.250. The minimum absolute atomic E-state index is 0.00477. The Balaban J connectivity index is 1.50. The SMILES string of the molecule is CC(C)C(=O)Nc1ccc(S(=O)(=O)NCCN2CCO[C@H](c3ccccc3)C2)cc1. The molecule has 1 atom stereocenters. The Morgan fingerprint density at radius 1 is 1.13 bits per heavy atom. The van der Waals surface area contributed by atoms with Gasteiger partial charge in [-0.15, -0.1) is 0 Å². The fraction of sp³-hybridized carbons (Fsp3) is 0.409. The molecule has 1 amide bonds. The average Bonchev–Trinajstić information content (AvgIpc) is 2.75. The lowest BCUT2D eigenvalue weighted by Crippen LogP contribution is -2.42. The standard InChI is InChI=1S/C22H29N3O4S/c1-17(2)22(26)24-19-8-10-20(11-9-19)30(27,28)23-12-13-25-14-15-29-21(16-25)18-6-4-3-5-7-18/h3-11,17,21,23H,12-16H2,1-2H3,(H,24,26)/t21-/m0/s1. The Labute approximate surface area is 178 Å². The molecule has 1 heterocycles. The topological polar surface area (TPSA) is 87.7 Å². The highest BCUT2D eigenvalue weighted by molar-refractivity contribution is 7.89. The molecule has 1 aliphatic heterocycles. The molecule has 0 unspecified atom stereocenters. The highest BCUT2D eigenvalue weighted by Crippen LogP contribution is 2.21. The van der Waals surface area contributed by atoms with Gasteiger partial charge in [-0.25, -0.2) is 13.1 Å². The van der Waals surface area contributed by atoms with Crippen molar-refractivity contribution in [3.63, 3.8) is 0 Å². The van der Waals surface area contributed by atoms with Crippen molar-refractivity contribution in [2.45, 2.75) is 24.8 Å². The van der Waals surface area contributed by atoms with Crippen molar-refractivity contribution in [1.29, 1.82) is 0 Å². The summed E-state index contributed by atoms with van der Waals surface area (Å²) in [5.41, 5.74) is 1.71. The first-order valence-electron chi connectivity index (χ1n) is 10.1. The third-order valence-corrected chi connectivity index (χ3v) is 6.48. The molecule has 0 radical (unpaired) electrons. The Morgan fingerprint density at radius 2 is 1.83 bits per heavy atom. The third kappa shape index (κ3) is 6.12. The lowest BCUT2D eigenvalue weighted by molar-refractivity contribution is -0.118. The lowest BCUT2D eigenvalue weighted by Gasteiger charge is -2.33. The number of ether oxygens (including phenoxy) is 1. The van der Waals surface area contributed by atoms with Crippen molar-refractivity contribution in [2.75, 3.05) is 38.1 Å². The van der Waals surface area contributed by atoms with Crippen molar-refractivity contribution in [1.82, 2.24) is 9.62 Å². The number of nitrogens with zero attached hydrogens (tertiary/aromatic N) is 1. The maximum absolute atomic E-state index is 12.6. The summed E-state index contributed by atoms with van der Waals surface area (Å²) in [7, 11) is -3.61. The van der Waals surface area contributed by atoms with E-state index in [0.717, 1.165) is 18.7 Å². The average molecular weight is 432 g/mol. The third-order valence-electron chi connectivity index (χ3n) is 5.00. The fourth-order valence-electron chi connectivity index (χ4n) is 3.20. The van der Waals surface area contributed by atoms with Crippen molar-refractivity contribution >= 4 is 21.6 Å². The number of hydrogen-bond acceptors (Lipinski definition) is 5. The van der Waals surface area contributed by atoms with E-state index in [1.54, 1.807) is 26.0 Å². The summed E-state index contributed by atoms with van der Waals surface area (Å²) < 4.78 is 33.6. The number of carbonyl (C=O) groups excluding carboxylic acids is 1. The second-order valence-electron chi connectivity index (χ2n) is 7.64. The zero-order valence-corrected chi connectivity index (χ0v) is 18.2. The first-order chi connectivity index (χ1) is 14.3. The maximum Gasteiger partial charge on any atom is 0.240 e. The Morgan fingerprint density at radius 3 is 2.50 bits per heavy atom. The quantitative estimate of drug-likeness (QED) is 0.671. The highest BCUT2D eigenvalue weighted by Gasteiger charge is 2.22. The normalized spacial score (nSPS) is 17.8. The molecule has 30 heavy (non-hydrogen) atoms. The van der Waals surface area contributed by atoms with Crippen molar-refractivity contribution in [3.8, 4) is 0 Å². The van der Waals surface area contributed by atoms with E-state index in [1.165, 1.54) is 12.1 Å². The molecule has 2 N–H and O–H groups in total. The molecule has 162 valence electrons. The van der Waals surface area contributed by atoms with Crippen LogP contribution in [0, 0.1) is 5.92 Å². The van der Waals surface area contributed by atoms with E-state index in [0.29, 0.717) is 25.4 Å². The van der Waals surface area contributed by atoms with Gasteiger partial charge in [0.05, 0.1) is 17.6 Å². The van der Waals surface area contributed by atoms with E-state index in [4.69, 9.17) is 4.74 Å². The molecule has 1 fully saturated rings. The molecular weight excluding hydrogens is 402 g/mol. The number of sulfonamides is 1. The van der Waals surface area contributed by atoms with Crippen LogP contribution in [0.1, 0.15) is 25.5 Å². The van der Waals surface area contributed by atoms with Gasteiger partial charge in [-0.05, 0) is 29.8 Å². The summed E-state index contributed by atoms with van der Waals surface area (Å²) >= 11 is 0. The van der Waals surface area contributed by atoms with Crippen LogP contribution in [0.4, 0.5) is 5.69 Å². The van der Waals surface area contributed by atoms with Gasteiger partial charge in [0.25, 0.3) is 0 Å². The van der Waals surface area contributed by atoms with Gasteiger partial charge in [0.1, 0.15) is 0 Å². The molecule has 0 bridgehead atoms. The number of rotatable bonds is 8. The fourth-order valence-corrected chi connectivity index (χ4v) is 4.22. The van der Waals surface area contributed by atoms with Crippen LogP contribution in [0.3, 0.4) is 0 Å². The summed E-state index contributed by atoms with van der Waals surface area (Å²) in [4.78, 5) is 14.1. The van der Waals surface area contributed by atoms with Gasteiger partial charge >= 0.3 is 0 Å². The number of hydrogen-bond donors (Lipinski definition) is 2. The van der Waals surface area contributed by atoms with E-state index in [-0.39, 0.29) is 22.8 Å². The van der Waals surface area contributed by atoms with Crippen LogP contribution in [0.2, 0.25) is 0 Å². The predicted molar refractivity (Wildman–Crippen MR) is 117 cm³/mol. The second kappa shape index (κ2) is 10.2. The van der Waals surface area contributed by atoms with Gasteiger partial charge in [0, 0.05) is 37.8 Å². The second-order valence-corrected chi connectivity index (χ2v) is 9.40. The van der Waals surface area contributed by atoms with Crippen molar-refractivity contribution in [2.24, 2.45) is 5.92 Å². The molecule has 7 nitrogen and oxygen atoms in total. The van der Waals surface area contributed by atoms with Gasteiger partial charge in [-0.2, -0.15) is 0 Å². The highest BCUT2D eigenvalue weighted by atomic mass is 32.2. The van der Waals surface area contributed by atoms with Gasteiger partial charge in [-0.3, -0.25) is 9.69 Å². The van der Waals surface area contributed by atoms with E-state index < -0.39 is 10.0 Å². The van der Waals surface area contributed by atoms with Crippen LogP contribution in [-0.2, 0) is 19.6 Å². The molecule has 1 saturated heterocycles. The maximum atomic E-state index is 12.6. The summed E-state index contributed by atoms with van der Waals surface area (Å²) in [6.45, 7) is 6.65. The zero-order chi connectivity index (χ0) is 21.6. The van der Waals surface area contributed by atoms with Gasteiger partial charge in [0.2, 0.25) is 15.9 Å². The smallest absolute Gasteiger partial charge is 0.240 e. The molecule has 0 aliphatic carbocycles. The lowest BCUT2D eigenvalue weighted by atomic mass is 10.1. The molecule has 2 aromatic rings. The summed E-state index contributed by atoms with van der Waals surface area (Å²) in [6, 6.07) is 16.2. The predicted octanol–water partition coefficient (Wildman–Crippen LogP) is 2.63. The molecule has 3 rings (SSSR count). The Bertz CT molecular complexity index is 931. The van der Waals surface area contributed by atoms with Gasteiger partial charge in [-0.1, -0.05) is 44.2 Å². The number of carbonyl (C=O) groups is 1. The van der Waals surface area contributed by atoms with Crippen molar-refractivity contribution < 1.29 is 17.9 Å². The molecule has 0 aromatic heterocycles. The Hall–Kier alpha value is -2.26. The number of benzene rings is 2. The molecule has 8 heteroatoms. The largest absolute Gasteiger partial charge is 0.371 e. The number of morpholine rings is 1. The van der Waals surface area contributed by atoms with Crippen LogP contribution in [0.25, 0.3) is 0 Å². The van der Waals surface area contributed by atoms with Crippen LogP contribution in [-0.4, -0.2) is 52.0 Å². The molecule has 2 aromatic carbocycles. The summed E-state index contributed by atoms with van der Waals surface area (Å²) in [5, 5.41) is 2.75. The van der Waals surface area contributed by atoms with Gasteiger partial charge < -0.3 is 10.1 Å². The van der Waals surface area contributed by atoms with E-state index >= 15 is 0 Å². The first kappa shape index (κ1) is 22.4. The van der Waals surface area contributed by atoms with Crippen LogP contribution >= 0.6 is 0 Å². The van der Waals surface area contributed by atoms with E-state index in [1.807, 2.05) is 30.3 Å². The van der Waals surface area contributed by atoms with Crippen molar-refractivity contribution in [3.05, 3.63) is 60.2 Å². The molecule has 0 saturated carbocycles. The van der Waals surface area contributed by atoms with E-state index in [2.05, 4.69) is 14.9 Å².